The van der Waals surface area contributed by atoms with E-state index in [-0.39, 0.29) is 29.6 Å². The molecule has 226 valence electrons. The van der Waals surface area contributed by atoms with Gasteiger partial charge in [0.25, 0.3) is 0 Å². The first-order valence-electron chi connectivity index (χ1n) is 12.7. The summed E-state index contributed by atoms with van der Waals surface area (Å²) in [5, 5.41) is 50.8. The number of aromatic hydroxyl groups is 3. The van der Waals surface area contributed by atoms with Gasteiger partial charge in [0.15, 0.2) is 34.7 Å². The average molecular weight is 589 g/mol. The molecule has 0 bridgehead atoms. The Morgan fingerprint density at radius 3 is 2.05 bits per heavy atom. The SMILES string of the molecule is CCOC(=O)C1(O)CC(O)C(OC(=O)C=Cc2cc(OC)c(O)c(OC)c2)C(OC(=O)C=Cc2ccc(O)c(O)c2)C1. The molecule has 13 nitrogen and oxygen atoms in total. The summed E-state index contributed by atoms with van der Waals surface area (Å²) in [7, 11) is 2.67. The standard InChI is InChI=1S/C29H32O13/c1-4-40-28(36)29(37)14-20(32)27(23(15-29)41-24(33)9-6-16-5-8-18(30)19(31)11-16)42-25(34)10-7-17-12-21(38-2)26(35)22(13-17)39-3/h5-13,20,23,27,30-32,35,37H,4,14-15H2,1-3H3. The Bertz CT molecular complexity index is 1340. The van der Waals surface area contributed by atoms with Gasteiger partial charge in [-0.05, 0) is 54.5 Å². The van der Waals surface area contributed by atoms with Crippen molar-refractivity contribution in [3.05, 3.63) is 53.6 Å². The molecule has 2 aromatic rings. The van der Waals surface area contributed by atoms with Gasteiger partial charge in [-0.1, -0.05) is 6.07 Å². The molecule has 0 radical (unpaired) electrons. The maximum absolute atomic E-state index is 12.7. The lowest BCUT2D eigenvalue weighted by Gasteiger charge is -2.41. The maximum atomic E-state index is 12.7. The van der Waals surface area contributed by atoms with Crippen LogP contribution in [0.4, 0.5) is 0 Å². The van der Waals surface area contributed by atoms with Crippen LogP contribution in [0.15, 0.2) is 42.5 Å². The normalized spacial score (nSPS) is 22.1. The van der Waals surface area contributed by atoms with E-state index in [9.17, 15) is 39.9 Å². The number of benzene rings is 2. The topological polar surface area (TPSA) is 199 Å². The molecular weight excluding hydrogens is 556 g/mol. The van der Waals surface area contributed by atoms with Crippen LogP contribution in [-0.4, -0.2) is 88.2 Å². The van der Waals surface area contributed by atoms with Gasteiger partial charge < -0.3 is 49.2 Å². The Kier molecular flexibility index (Phi) is 10.4. The van der Waals surface area contributed by atoms with E-state index in [2.05, 4.69) is 0 Å². The Labute approximate surface area is 240 Å². The lowest BCUT2D eigenvalue weighted by Crippen LogP contribution is -2.58. The number of rotatable bonds is 10. The summed E-state index contributed by atoms with van der Waals surface area (Å²) in [6.45, 7) is 1.47. The molecule has 3 rings (SSSR count). The van der Waals surface area contributed by atoms with Crippen molar-refractivity contribution in [3.63, 3.8) is 0 Å². The van der Waals surface area contributed by atoms with Gasteiger partial charge in [0.05, 0.1) is 26.9 Å². The summed E-state index contributed by atoms with van der Waals surface area (Å²) in [6.07, 6.45) is -1.10. The number of phenolic OH excluding ortho intramolecular Hbond substituents is 3. The summed E-state index contributed by atoms with van der Waals surface area (Å²) in [4.78, 5) is 37.8. The zero-order chi connectivity index (χ0) is 31.0. The van der Waals surface area contributed by atoms with E-state index in [4.69, 9.17) is 23.7 Å². The molecule has 4 unspecified atom stereocenters. The number of methoxy groups -OCH3 is 2. The summed E-state index contributed by atoms with van der Waals surface area (Å²) in [6, 6.07) is 6.69. The molecule has 0 heterocycles. The Morgan fingerprint density at radius 2 is 1.48 bits per heavy atom. The zero-order valence-electron chi connectivity index (χ0n) is 23.1. The van der Waals surface area contributed by atoms with E-state index in [1.54, 1.807) is 0 Å². The molecule has 0 aliphatic heterocycles. The predicted molar refractivity (Wildman–Crippen MR) is 146 cm³/mol. The minimum Gasteiger partial charge on any atom is -0.504 e. The minimum atomic E-state index is -2.23. The molecule has 0 aromatic heterocycles. The highest BCUT2D eigenvalue weighted by Gasteiger charge is 2.53. The van der Waals surface area contributed by atoms with Crippen molar-refractivity contribution in [3.8, 4) is 28.7 Å². The number of phenols is 3. The van der Waals surface area contributed by atoms with Crippen LogP contribution in [0.25, 0.3) is 12.2 Å². The molecule has 1 saturated carbocycles. The van der Waals surface area contributed by atoms with E-state index in [1.165, 1.54) is 63.6 Å². The van der Waals surface area contributed by atoms with E-state index < -0.39 is 60.4 Å². The van der Waals surface area contributed by atoms with Crippen molar-refractivity contribution >= 4 is 30.1 Å². The molecule has 0 saturated heterocycles. The molecule has 1 aliphatic carbocycles. The Balaban J connectivity index is 1.81. The number of esters is 3. The number of hydrogen-bond donors (Lipinski definition) is 5. The number of carbonyl (C=O) groups excluding carboxylic acids is 3. The van der Waals surface area contributed by atoms with E-state index in [0.717, 1.165) is 12.2 Å². The lowest BCUT2D eigenvalue weighted by molar-refractivity contribution is -0.207. The van der Waals surface area contributed by atoms with Crippen LogP contribution in [0.5, 0.6) is 28.7 Å². The van der Waals surface area contributed by atoms with Crippen LogP contribution < -0.4 is 9.47 Å². The van der Waals surface area contributed by atoms with Gasteiger partial charge in [-0.2, -0.15) is 0 Å². The molecule has 0 amide bonds. The number of hydrogen-bond acceptors (Lipinski definition) is 13. The molecule has 2 aromatic carbocycles. The van der Waals surface area contributed by atoms with Gasteiger partial charge >= 0.3 is 17.9 Å². The zero-order valence-corrected chi connectivity index (χ0v) is 23.1. The van der Waals surface area contributed by atoms with E-state index in [1.807, 2.05) is 0 Å². The maximum Gasteiger partial charge on any atom is 0.338 e. The molecule has 1 fully saturated rings. The smallest absolute Gasteiger partial charge is 0.338 e. The molecule has 5 N–H and O–H groups in total. The quantitative estimate of drug-likeness (QED) is 0.117. The van der Waals surface area contributed by atoms with Crippen molar-refractivity contribution in [2.24, 2.45) is 0 Å². The van der Waals surface area contributed by atoms with E-state index in [0.29, 0.717) is 11.1 Å². The highest BCUT2D eigenvalue weighted by molar-refractivity contribution is 5.89. The molecular formula is C29H32O13. The summed E-state index contributed by atoms with van der Waals surface area (Å²) < 4.78 is 25.8. The van der Waals surface area contributed by atoms with Crippen molar-refractivity contribution in [2.45, 2.75) is 43.7 Å². The lowest BCUT2D eigenvalue weighted by atomic mass is 9.79. The first kappa shape index (κ1) is 31.8. The van der Waals surface area contributed by atoms with Crippen LogP contribution >= 0.6 is 0 Å². The second kappa shape index (κ2) is 13.7. The van der Waals surface area contributed by atoms with Crippen molar-refractivity contribution < 1.29 is 63.6 Å². The number of ether oxygens (including phenoxy) is 5. The minimum absolute atomic E-state index is 0.0556. The van der Waals surface area contributed by atoms with Crippen LogP contribution in [0.1, 0.15) is 30.9 Å². The second-order valence-electron chi connectivity index (χ2n) is 9.29. The summed E-state index contributed by atoms with van der Waals surface area (Å²) in [5.74, 6) is -3.80. The number of carbonyl (C=O) groups is 3. The average Bonchev–Trinajstić information content (AvgIpc) is 2.95. The fourth-order valence-corrected chi connectivity index (χ4v) is 4.28. The van der Waals surface area contributed by atoms with Crippen molar-refractivity contribution in [2.75, 3.05) is 20.8 Å². The monoisotopic (exact) mass is 588 g/mol. The highest BCUT2D eigenvalue weighted by atomic mass is 16.6. The van der Waals surface area contributed by atoms with Gasteiger partial charge in [0.1, 0.15) is 6.10 Å². The third-order valence-electron chi connectivity index (χ3n) is 6.33. The van der Waals surface area contributed by atoms with Crippen LogP contribution in [0.2, 0.25) is 0 Å². The fraction of sp³-hybridized carbons (Fsp3) is 0.345. The van der Waals surface area contributed by atoms with Crippen molar-refractivity contribution in [1.29, 1.82) is 0 Å². The largest absolute Gasteiger partial charge is 0.504 e. The number of aliphatic hydroxyl groups excluding tert-OH is 1. The summed E-state index contributed by atoms with van der Waals surface area (Å²) in [5.41, 5.74) is -1.50. The van der Waals surface area contributed by atoms with E-state index >= 15 is 0 Å². The number of aliphatic hydroxyl groups is 2. The van der Waals surface area contributed by atoms with Gasteiger partial charge in [0, 0.05) is 25.0 Å². The molecule has 1 aliphatic rings. The first-order chi connectivity index (χ1) is 19.9. The molecule has 0 spiro atoms. The Morgan fingerprint density at radius 1 is 0.881 bits per heavy atom. The van der Waals surface area contributed by atoms with Gasteiger partial charge in [-0.3, -0.25) is 0 Å². The van der Waals surface area contributed by atoms with Gasteiger partial charge in [0.2, 0.25) is 5.75 Å². The first-order valence-corrected chi connectivity index (χ1v) is 12.7. The predicted octanol–water partition coefficient (Wildman–Crippen LogP) is 1.82. The summed E-state index contributed by atoms with van der Waals surface area (Å²) >= 11 is 0. The van der Waals surface area contributed by atoms with Crippen LogP contribution in [-0.2, 0) is 28.6 Å². The van der Waals surface area contributed by atoms with Gasteiger partial charge in [-0.25, -0.2) is 14.4 Å². The highest BCUT2D eigenvalue weighted by Crippen LogP contribution is 2.38. The van der Waals surface area contributed by atoms with Crippen molar-refractivity contribution in [1.82, 2.24) is 0 Å². The third kappa shape index (κ3) is 7.71. The second-order valence-corrected chi connectivity index (χ2v) is 9.29. The van der Waals surface area contributed by atoms with Crippen LogP contribution in [0, 0.1) is 0 Å². The molecule has 4 atom stereocenters. The van der Waals surface area contributed by atoms with Crippen LogP contribution in [0.3, 0.4) is 0 Å². The molecule has 13 heteroatoms. The van der Waals surface area contributed by atoms with Gasteiger partial charge in [-0.15, -0.1) is 0 Å². The fourth-order valence-electron chi connectivity index (χ4n) is 4.28. The third-order valence-corrected chi connectivity index (χ3v) is 6.33. The molecule has 42 heavy (non-hydrogen) atoms. The Hall–Kier alpha value is -4.75.